The third kappa shape index (κ3) is 9.62. The maximum absolute atomic E-state index is 12.8. The van der Waals surface area contributed by atoms with Crippen molar-refractivity contribution in [3.8, 4) is 11.1 Å². The molecule has 1 aromatic heterocycles. The summed E-state index contributed by atoms with van der Waals surface area (Å²) in [4.78, 5) is 30.1. The highest BCUT2D eigenvalue weighted by atomic mass is 32.2. The third-order valence-electron chi connectivity index (χ3n) is 9.74. The van der Waals surface area contributed by atoms with Crippen LogP contribution in [0.4, 0.5) is 4.79 Å². The SMILES string of the molecule is COC(=O)[C@H](Cc1ccccc1)NC(=O)NCc1cccc(-c2ccc([C@H]3O[C@@H](CSc4nc5ccccc5s4)[C@@H](C)[C@@H](c4ccc(CO)cc4)O3)cc2)c1. The highest BCUT2D eigenvalue weighted by molar-refractivity contribution is 8.01. The largest absolute Gasteiger partial charge is 0.467 e. The van der Waals surface area contributed by atoms with Crippen molar-refractivity contribution >= 4 is 45.3 Å². The van der Waals surface area contributed by atoms with Crippen molar-refractivity contribution in [3.63, 3.8) is 0 Å². The number of amides is 2. The van der Waals surface area contributed by atoms with Gasteiger partial charge in [-0.3, -0.25) is 0 Å². The van der Waals surface area contributed by atoms with Gasteiger partial charge in [0.1, 0.15) is 6.04 Å². The fourth-order valence-corrected chi connectivity index (χ4v) is 8.90. The Labute approximate surface area is 329 Å². The van der Waals surface area contributed by atoms with Crippen molar-refractivity contribution in [2.24, 2.45) is 5.92 Å². The van der Waals surface area contributed by atoms with Crippen molar-refractivity contribution < 1.29 is 28.9 Å². The zero-order valence-electron chi connectivity index (χ0n) is 30.6. The van der Waals surface area contributed by atoms with Gasteiger partial charge in [0.05, 0.1) is 36.1 Å². The fraction of sp³-hybridized carbons (Fsp3) is 0.250. The minimum Gasteiger partial charge on any atom is -0.467 e. The Morgan fingerprint density at radius 2 is 1.56 bits per heavy atom. The van der Waals surface area contributed by atoms with Gasteiger partial charge in [0.15, 0.2) is 10.6 Å². The van der Waals surface area contributed by atoms with Crippen molar-refractivity contribution in [2.45, 2.75) is 55.4 Å². The first-order valence-electron chi connectivity index (χ1n) is 18.2. The number of nitrogens with zero attached hydrogens (tertiary/aromatic N) is 1. The number of thioether (sulfide) groups is 1. The number of rotatable bonds is 13. The van der Waals surface area contributed by atoms with Crippen LogP contribution in [0.3, 0.4) is 0 Å². The van der Waals surface area contributed by atoms with Crippen molar-refractivity contribution in [1.82, 2.24) is 15.6 Å². The van der Waals surface area contributed by atoms with Crippen LogP contribution in [-0.2, 0) is 38.6 Å². The average Bonchev–Trinajstić information content (AvgIpc) is 3.66. The molecule has 2 heterocycles. The molecule has 2 amide bonds. The van der Waals surface area contributed by atoms with E-state index in [1.54, 1.807) is 23.1 Å². The zero-order valence-corrected chi connectivity index (χ0v) is 32.2. The second-order valence-electron chi connectivity index (χ2n) is 13.5. The molecular formula is C44H43N3O6S2. The van der Waals surface area contributed by atoms with E-state index in [0.717, 1.165) is 54.6 Å². The lowest BCUT2D eigenvalue weighted by atomic mass is 9.91. The fourth-order valence-electron chi connectivity index (χ4n) is 6.65. The highest BCUT2D eigenvalue weighted by Gasteiger charge is 2.38. The van der Waals surface area contributed by atoms with Crippen LogP contribution >= 0.6 is 23.1 Å². The lowest BCUT2D eigenvalue weighted by molar-refractivity contribution is -0.268. The van der Waals surface area contributed by atoms with Crippen LogP contribution in [0.25, 0.3) is 21.3 Å². The molecule has 1 fully saturated rings. The number of hydrogen-bond acceptors (Lipinski definition) is 9. The Kier molecular flexibility index (Phi) is 12.6. The number of methoxy groups -OCH3 is 1. The Hall–Kier alpha value is -5.04. The number of ether oxygens (including phenoxy) is 3. The maximum atomic E-state index is 12.8. The molecular weight excluding hydrogens is 731 g/mol. The Balaban J connectivity index is 1.02. The summed E-state index contributed by atoms with van der Waals surface area (Å²) in [5.74, 6) is 0.277. The predicted octanol–water partition coefficient (Wildman–Crippen LogP) is 8.62. The number of aliphatic hydroxyl groups excluding tert-OH is 1. The normalized spacial score (nSPS) is 18.7. The molecule has 0 bridgehead atoms. The van der Waals surface area contributed by atoms with Gasteiger partial charge < -0.3 is 30.0 Å². The molecule has 0 aliphatic carbocycles. The van der Waals surface area contributed by atoms with E-state index in [4.69, 9.17) is 19.2 Å². The van der Waals surface area contributed by atoms with E-state index in [0.29, 0.717) is 6.42 Å². The first-order valence-corrected chi connectivity index (χ1v) is 20.0. The molecule has 1 aliphatic rings. The molecule has 0 radical (unpaired) electrons. The summed E-state index contributed by atoms with van der Waals surface area (Å²) >= 11 is 3.41. The molecule has 7 rings (SSSR count). The van der Waals surface area contributed by atoms with Crippen LogP contribution in [0.5, 0.6) is 0 Å². The molecule has 5 atom stereocenters. The molecule has 55 heavy (non-hydrogen) atoms. The van der Waals surface area contributed by atoms with Gasteiger partial charge in [-0.15, -0.1) is 11.3 Å². The summed E-state index contributed by atoms with van der Waals surface area (Å²) in [6.45, 7) is 2.43. The van der Waals surface area contributed by atoms with Crippen LogP contribution in [0.1, 0.15) is 47.1 Å². The van der Waals surface area contributed by atoms with E-state index in [-0.39, 0.29) is 31.3 Å². The number of urea groups is 1. The number of hydrogen-bond donors (Lipinski definition) is 3. The minimum absolute atomic E-state index is 0.0116. The summed E-state index contributed by atoms with van der Waals surface area (Å²) in [5, 5.41) is 15.3. The summed E-state index contributed by atoms with van der Waals surface area (Å²) in [5.41, 5.74) is 7.64. The lowest BCUT2D eigenvalue weighted by Crippen LogP contribution is -2.47. The summed E-state index contributed by atoms with van der Waals surface area (Å²) in [6.07, 6.45) is -0.585. The van der Waals surface area contributed by atoms with Crippen LogP contribution in [-0.4, -0.2) is 47.1 Å². The lowest BCUT2D eigenvalue weighted by Gasteiger charge is -2.41. The molecule has 282 valence electrons. The molecule has 6 aromatic rings. The van der Waals surface area contributed by atoms with Crippen molar-refractivity contribution in [1.29, 1.82) is 0 Å². The molecule has 3 N–H and O–H groups in total. The first-order chi connectivity index (χ1) is 26.9. The molecule has 0 unspecified atom stereocenters. The number of carbonyl (C=O) groups excluding carboxylic acids is 2. The second-order valence-corrected chi connectivity index (χ2v) is 15.8. The number of fused-ring (bicyclic) bond motifs is 1. The van der Waals surface area contributed by atoms with Crippen LogP contribution in [0.15, 0.2) is 132 Å². The number of aromatic nitrogens is 1. The van der Waals surface area contributed by atoms with Crippen molar-refractivity contribution in [2.75, 3.05) is 12.9 Å². The molecule has 0 spiro atoms. The number of thiazole rings is 1. The Morgan fingerprint density at radius 1 is 0.836 bits per heavy atom. The second kappa shape index (κ2) is 18.1. The van der Waals surface area contributed by atoms with Gasteiger partial charge in [0, 0.05) is 30.2 Å². The number of esters is 1. The Bertz CT molecular complexity index is 2160. The van der Waals surface area contributed by atoms with Gasteiger partial charge in [-0.1, -0.05) is 128 Å². The van der Waals surface area contributed by atoms with Gasteiger partial charge in [-0.05, 0) is 51.6 Å². The standard InChI is InChI=1S/C44H43N3O6S2/c1-28-38(27-54-44-47-36-13-6-7-14-39(36)55-44)52-42(53-40(28)33-17-15-30(26-48)16-18-33)34-21-19-32(20-22-34)35-12-8-11-31(23-35)25-45-43(50)46-37(41(49)51-2)24-29-9-4-3-5-10-29/h3-23,28,37-38,40,42,48H,24-27H2,1-2H3,(H2,45,46,50)/t28-,37+,38+,40+,42+/m1/s1. The van der Waals surface area contributed by atoms with E-state index in [9.17, 15) is 14.7 Å². The molecule has 1 saturated heterocycles. The van der Waals surface area contributed by atoms with E-state index in [2.05, 4.69) is 35.8 Å². The number of benzene rings is 5. The van der Waals surface area contributed by atoms with E-state index in [1.807, 2.05) is 109 Å². The topological polar surface area (TPSA) is 119 Å². The highest BCUT2D eigenvalue weighted by Crippen LogP contribution is 2.44. The Morgan fingerprint density at radius 3 is 2.31 bits per heavy atom. The molecule has 5 aromatic carbocycles. The van der Waals surface area contributed by atoms with Crippen LogP contribution < -0.4 is 10.6 Å². The summed E-state index contributed by atoms with van der Waals surface area (Å²) in [7, 11) is 1.31. The number of nitrogens with one attached hydrogen (secondary N) is 2. The quantitative estimate of drug-likeness (QED) is 0.0789. The molecule has 9 nitrogen and oxygen atoms in total. The predicted molar refractivity (Wildman–Crippen MR) is 217 cm³/mol. The third-order valence-corrected chi connectivity index (χ3v) is 12.0. The van der Waals surface area contributed by atoms with Gasteiger partial charge >= 0.3 is 12.0 Å². The molecule has 11 heteroatoms. The van der Waals surface area contributed by atoms with Gasteiger partial charge in [-0.2, -0.15) is 0 Å². The monoisotopic (exact) mass is 773 g/mol. The van der Waals surface area contributed by atoms with Gasteiger partial charge in [0.2, 0.25) is 0 Å². The zero-order chi connectivity index (χ0) is 38.1. The molecule has 1 aliphatic heterocycles. The minimum atomic E-state index is -0.813. The average molecular weight is 774 g/mol. The number of aliphatic hydroxyl groups is 1. The first kappa shape index (κ1) is 38.2. The van der Waals surface area contributed by atoms with Crippen LogP contribution in [0, 0.1) is 5.92 Å². The smallest absolute Gasteiger partial charge is 0.328 e. The van der Waals surface area contributed by atoms with Crippen LogP contribution in [0.2, 0.25) is 0 Å². The summed E-state index contributed by atoms with van der Waals surface area (Å²) in [6, 6.07) is 40.5. The van der Waals surface area contributed by atoms with Crippen molar-refractivity contribution in [3.05, 3.63) is 155 Å². The summed E-state index contributed by atoms with van der Waals surface area (Å²) < 4.78 is 20.5. The van der Waals surface area contributed by atoms with Gasteiger partial charge in [0.25, 0.3) is 0 Å². The van der Waals surface area contributed by atoms with E-state index < -0.39 is 24.3 Å². The molecule has 0 saturated carbocycles. The number of carbonyl (C=O) groups is 2. The maximum Gasteiger partial charge on any atom is 0.328 e. The number of para-hydroxylation sites is 1. The van der Waals surface area contributed by atoms with E-state index >= 15 is 0 Å². The van der Waals surface area contributed by atoms with E-state index in [1.165, 1.54) is 11.8 Å². The van der Waals surface area contributed by atoms with Gasteiger partial charge in [-0.25, -0.2) is 14.6 Å².